The zero-order valence-corrected chi connectivity index (χ0v) is 11.8. The first kappa shape index (κ1) is 15.6. The summed E-state index contributed by atoms with van der Waals surface area (Å²) in [6, 6.07) is 4.79. The molecule has 3 N–H and O–H groups in total. The summed E-state index contributed by atoms with van der Waals surface area (Å²) in [4.78, 5) is 11.8. The van der Waals surface area contributed by atoms with Crippen LogP contribution in [0.15, 0.2) is 18.2 Å². The summed E-state index contributed by atoms with van der Waals surface area (Å²) < 4.78 is 5.14. The number of ether oxygens (including phenoxy) is 1. The molecule has 19 heavy (non-hydrogen) atoms. The fraction of sp³-hybridized carbons (Fsp3) is 0.462. The zero-order valence-electron chi connectivity index (χ0n) is 11.1. The lowest BCUT2D eigenvalue weighted by Gasteiger charge is -2.15. The van der Waals surface area contributed by atoms with Crippen LogP contribution >= 0.6 is 11.6 Å². The molecule has 1 aromatic carbocycles. The molecule has 1 aromatic rings. The van der Waals surface area contributed by atoms with E-state index in [1.165, 1.54) is 7.11 Å². The Bertz CT molecular complexity index is 426. The number of carbonyl (C=O) groups excluding carboxylic acids is 1. The average molecular weight is 287 g/mol. The van der Waals surface area contributed by atoms with Gasteiger partial charge in [0.05, 0.1) is 17.8 Å². The summed E-state index contributed by atoms with van der Waals surface area (Å²) in [7, 11) is 1.49. The first-order valence-corrected chi connectivity index (χ1v) is 6.47. The summed E-state index contributed by atoms with van der Waals surface area (Å²) >= 11 is 5.96. The zero-order chi connectivity index (χ0) is 14.3. The van der Waals surface area contributed by atoms with E-state index in [0.29, 0.717) is 22.9 Å². The van der Waals surface area contributed by atoms with Crippen LogP contribution in [-0.4, -0.2) is 30.9 Å². The number of benzene rings is 1. The Morgan fingerprint density at radius 3 is 2.89 bits per heavy atom. The molecule has 106 valence electrons. The highest BCUT2D eigenvalue weighted by Gasteiger charge is 2.11. The third-order valence-corrected chi connectivity index (χ3v) is 2.89. The summed E-state index contributed by atoms with van der Waals surface area (Å²) in [5.74, 6) is 0.433. The fourth-order valence-corrected chi connectivity index (χ4v) is 1.92. The van der Waals surface area contributed by atoms with Crippen LogP contribution in [0.4, 0.5) is 10.5 Å². The van der Waals surface area contributed by atoms with Gasteiger partial charge in [0.15, 0.2) is 5.75 Å². The number of halogens is 1. The SMILES string of the molecule is COc1c(Cl)cccc1NC(=O)NC(C)CCCO. The molecule has 6 heteroatoms. The lowest BCUT2D eigenvalue weighted by molar-refractivity contribution is 0.245. The Morgan fingerprint density at radius 1 is 1.53 bits per heavy atom. The van der Waals surface area contributed by atoms with Gasteiger partial charge in [-0.1, -0.05) is 17.7 Å². The van der Waals surface area contributed by atoms with Crippen LogP contribution in [0, 0.1) is 0 Å². The van der Waals surface area contributed by atoms with Gasteiger partial charge in [0.25, 0.3) is 0 Å². The molecular weight excluding hydrogens is 268 g/mol. The standard InChI is InChI=1S/C13H19ClN2O3/c1-9(5-4-8-17)15-13(18)16-11-7-3-6-10(14)12(11)19-2/h3,6-7,9,17H,4-5,8H2,1-2H3,(H2,15,16,18). The van der Waals surface area contributed by atoms with E-state index in [0.717, 1.165) is 6.42 Å². The van der Waals surface area contributed by atoms with Crippen molar-refractivity contribution in [3.05, 3.63) is 23.2 Å². The predicted octanol–water partition coefficient (Wildman–Crippen LogP) is 2.63. The molecule has 0 aliphatic carbocycles. The van der Waals surface area contributed by atoms with Crippen molar-refractivity contribution in [2.45, 2.75) is 25.8 Å². The van der Waals surface area contributed by atoms with Crippen molar-refractivity contribution in [3.63, 3.8) is 0 Å². The number of methoxy groups -OCH3 is 1. The van der Waals surface area contributed by atoms with E-state index < -0.39 is 0 Å². The van der Waals surface area contributed by atoms with Crippen molar-refractivity contribution in [2.24, 2.45) is 0 Å². The number of amides is 2. The van der Waals surface area contributed by atoms with Gasteiger partial charge in [-0.3, -0.25) is 0 Å². The topological polar surface area (TPSA) is 70.6 Å². The van der Waals surface area contributed by atoms with Crippen molar-refractivity contribution in [2.75, 3.05) is 19.0 Å². The van der Waals surface area contributed by atoms with Crippen LogP contribution in [0.25, 0.3) is 0 Å². The molecule has 0 radical (unpaired) electrons. The molecular formula is C13H19ClN2O3. The number of urea groups is 1. The Labute approximate surface area is 117 Å². The second kappa shape index (κ2) is 7.86. The summed E-state index contributed by atoms with van der Waals surface area (Å²) in [6.07, 6.45) is 1.37. The minimum absolute atomic E-state index is 0.0164. The normalized spacial score (nSPS) is 11.8. The Morgan fingerprint density at radius 2 is 2.26 bits per heavy atom. The second-order valence-electron chi connectivity index (χ2n) is 4.19. The fourth-order valence-electron chi connectivity index (χ4n) is 1.67. The minimum atomic E-state index is -0.328. The molecule has 0 spiro atoms. The Kier molecular flexibility index (Phi) is 6.45. The van der Waals surface area contributed by atoms with E-state index in [9.17, 15) is 4.79 Å². The molecule has 0 saturated heterocycles. The molecule has 0 heterocycles. The molecule has 0 bridgehead atoms. The van der Waals surface area contributed by atoms with Gasteiger partial charge < -0.3 is 20.5 Å². The van der Waals surface area contributed by atoms with E-state index in [2.05, 4.69) is 10.6 Å². The van der Waals surface area contributed by atoms with Gasteiger partial charge in [0.2, 0.25) is 0 Å². The number of aliphatic hydroxyl groups excluding tert-OH is 1. The number of para-hydroxylation sites is 1. The number of nitrogens with one attached hydrogen (secondary N) is 2. The van der Waals surface area contributed by atoms with Crippen LogP contribution in [0.1, 0.15) is 19.8 Å². The molecule has 1 atom stereocenters. The lowest BCUT2D eigenvalue weighted by Crippen LogP contribution is -2.36. The highest BCUT2D eigenvalue weighted by atomic mass is 35.5. The third kappa shape index (κ3) is 4.96. The number of anilines is 1. The highest BCUT2D eigenvalue weighted by Crippen LogP contribution is 2.32. The first-order valence-electron chi connectivity index (χ1n) is 6.09. The highest BCUT2D eigenvalue weighted by molar-refractivity contribution is 6.32. The molecule has 0 aliphatic rings. The largest absolute Gasteiger partial charge is 0.493 e. The van der Waals surface area contributed by atoms with Gasteiger partial charge in [-0.25, -0.2) is 4.79 Å². The number of hydrogen-bond donors (Lipinski definition) is 3. The number of rotatable bonds is 6. The van der Waals surface area contributed by atoms with Crippen molar-refractivity contribution >= 4 is 23.3 Å². The van der Waals surface area contributed by atoms with E-state index in [1.807, 2.05) is 6.92 Å². The molecule has 0 aromatic heterocycles. The molecule has 2 amide bonds. The van der Waals surface area contributed by atoms with Crippen LogP contribution in [0.2, 0.25) is 5.02 Å². The molecule has 0 fully saturated rings. The maximum atomic E-state index is 11.8. The minimum Gasteiger partial charge on any atom is -0.493 e. The predicted molar refractivity (Wildman–Crippen MR) is 75.9 cm³/mol. The van der Waals surface area contributed by atoms with Gasteiger partial charge in [0, 0.05) is 12.6 Å². The first-order chi connectivity index (χ1) is 9.08. The van der Waals surface area contributed by atoms with E-state index in [-0.39, 0.29) is 18.7 Å². The summed E-state index contributed by atoms with van der Waals surface area (Å²) in [5.41, 5.74) is 0.516. The van der Waals surface area contributed by atoms with Crippen molar-refractivity contribution in [1.29, 1.82) is 0 Å². The van der Waals surface area contributed by atoms with Gasteiger partial charge in [0.1, 0.15) is 0 Å². The maximum Gasteiger partial charge on any atom is 0.319 e. The lowest BCUT2D eigenvalue weighted by atomic mass is 10.2. The molecule has 1 unspecified atom stereocenters. The van der Waals surface area contributed by atoms with Crippen LogP contribution in [-0.2, 0) is 0 Å². The van der Waals surface area contributed by atoms with Crippen molar-refractivity contribution in [3.8, 4) is 5.75 Å². The number of carbonyl (C=O) groups is 1. The van der Waals surface area contributed by atoms with Crippen LogP contribution < -0.4 is 15.4 Å². The molecule has 0 saturated carbocycles. The monoisotopic (exact) mass is 286 g/mol. The van der Waals surface area contributed by atoms with E-state index >= 15 is 0 Å². The van der Waals surface area contributed by atoms with Gasteiger partial charge in [-0.2, -0.15) is 0 Å². The smallest absolute Gasteiger partial charge is 0.319 e. The Balaban J connectivity index is 2.59. The van der Waals surface area contributed by atoms with Crippen LogP contribution in [0.5, 0.6) is 5.75 Å². The maximum absolute atomic E-state index is 11.8. The van der Waals surface area contributed by atoms with Gasteiger partial charge in [-0.15, -0.1) is 0 Å². The summed E-state index contributed by atoms with van der Waals surface area (Å²) in [5, 5.41) is 14.6. The van der Waals surface area contributed by atoms with Crippen molar-refractivity contribution in [1.82, 2.24) is 5.32 Å². The molecule has 5 nitrogen and oxygen atoms in total. The molecule has 1 rings (SSSR count). The van der Waals surface area contributed by atoms with Gasteiger partial charge >= 0.3 is 6.03 Å². The quantitative estimate of drug-likeness (QED) is 0.753. The third-order valence-electron chi connectivity index (χ3n) is 2.59. The number of aliphatic hydroxyl groups is 1. The van der Waals surface area contributed by atoms with E-state index in [4.69, 9.17) is 21.4 Å². The molecule has 0 aliphatic heterocycles. The second-order valence-corrected chi connectivity index (χ2v) is 4.59. The number of hydrogen-bond acceptors (Lipinski definition) is 3. The van der Waals surface area contributed by atoms with Gasteiger partial charge in [-0.05, 0) is 31.9 Å². The van der Waals surface area contributed by atoms with Crippen molar-refractivity contribution < 1.29 is 14.6 Å². The van der Waals surface area contributed by atoms with Crippen LogP contribution in [0.3, 0.4) is 0 Å². The van der Waals surface area contributed by atoms with E-state index in [1.54, 1.807) is 18.2 Å². The Hall–Kier alpha value is -1.46. The summed E-state index contributed by atoms with van der Waals surface area (Å²) in [6.45, 7) is 2.00. The average Bonchev–Trinajstić information content (AvgIpc) is 2.36.